The van der Waals surface area contributed by atoms with Crippen molar-refractivity contribution in [2.75, 3.05) is 26.3 Å². The number of carbonyl (C=O) groups excluding carboxylic acids is 1. The highest BCUT2D eigenvalue weighted by atomic mass is 16.5. The van der Waals surface area contributed by atoms with E-state index in [0.29, 0.717) is 6.61 Å². The van der Waals surface area contributed by atoms with Gasteiger partial charge >= 0.3 is 5.97 Å². The molecule has 1 aromatic rings. The number of aryl methyl sites for hydroxylation is 1. The molecule has 0 aromatic carbocycles. The Morgan fingerprint density at radius 3 is 2.81 bits per heavy atom. The van der Waals surface area contributed by atoms with E-state index in [1.54, 1.807) is 0 Å². The largest absolute Gasteiger partial charge is 0.466 e. The highest BCUT2D eigenvalue weighted by Crippen LogP contribution is 2.40. The zero-order valence-electron chi connectivity index (χ0n) is 16.2. The van der Waals surface area contributed by atoms with Gasteiger partial charge in [0.25, 0.3) is 0 Å². The summed E-state index contributed by atoms with van der Waals surface area (Å²) in [7, 11) is 0. The quantitative estimate of drug-likeness (QED) is 0.727. The SMILES string of the molecule is CCOC(=O)C1(C[C@H]2CCCCO2)CCN(Cc2cccc(C)n2)CC1. The zero-order valence-corrected chi connectivity index (χ0v) is 16.2. The summed E-state index contributed by atoms with van der Waals surface area (Å²) in [6.07, 6.45) is 6.11. The molecule has 0 unspecified atom stereocenters. The van der Waals surface area contributed by atoms with E-state index in [1.807, 2.05) is 19.9 Å². The number of rotatable bonds is 6. The van der Waals surface area contributed by atoms with Crippen molar-refractivity contribution in [2.24, 2.45) is 5.41 Å². The lowest BCUT2D eigenvalue weighted by molar-refractivity contribution is -0.162. The molecule has 5 nitrogen and oxygen atoms in total. The van der Waals surface area contributed by atoms with Gasteiger partial charge in [-0.25, -0.2) is 0 Å². The first-order valence-corrected chi connectivity index (χ1v) is 10.0. The van der Waals surface area contributed by atoms with Crippen molar-refractivity contribution in [2.45, 2.75) is 65.0 Å². The van der Waals surface area contributed by atoms with E-state index in [1.165, 1.54) is 6.42 Å². The fourth-order valence-electron chi connectivity index (χ4n) is 4.24. The second-order valence-electron chi connectivity index (χ2n) is 7.74. The van der Waals surface area contributed by atoms with Gasteiger partial charge in [0, 0.05) is 18.8 Å². The van der Waals surface area contributed by atoms with Gasteiger partial charge in [-0.2, -0.15) is 0 Å². The molecule has 0 amide bonds. The first-order chi connectivity index (χ1) is 12.6. The maximum Gasteiger partial charge on any atom is 0.312 e. The highest BCUT2D eigenvalue weighted by molar-refractivity contribution is 5.77. The Morgan fingerprint density at radius 1 is 1.35 bits per heavy atom. The smallest absolute Gasteiger partial charge is 0.312 e. The van der Waals surface area contributed by atoms with Crippen molar-refractivity contribution in [3.63, 3.8) is 0 Å². The van der Waals surface area contributed by atoms with Crippen LogP contribution in [0.4, 0.5) is 0 Å². The molecule has 2 aliphatic rings. The van der Waals surface area contributed by atoms with E-state index in [9.17, 15) is 4.79 Å². The Kier molecular flexibility index (Phi) is 6.65. The van der Waals surface area contributed by atoms with Crippen molar-refractivity contribution in [1.82, 2.24) is 9.88 Å². The van der Waals surface area contributed by atoms with Crippen LogP contribution < -0.4 is 0 Å². The lowest BCUT2D eigenvalue weighted by atomic mass is 9.73. The average Bonchev–Trinajstić information content (AvgIpc) is 2.64. The third kappa shape index (κ3) is 4.83. The third-order valence-electron chi connectivity index (χ3n) is 5.75. The second kappa shape index (κ2) is 8.96. The lowest BCUT2D eigenvalue weighted by Gasteiger charge is -2.42. The summed E-state index contributed by atoms with van der Waals surface area (Å²) in [4.78, 5) is 19.8. The van der Waals surface area contributed by atoms with Crippen LogP contribution in [0.15, 0.2) is 18.2 Å². The number of nitrogens with zero attached hydrogens (tertiary/aromatic N) is 2. The lowest BCUT2D eigenvalue weighted by Crippen LogP contribution is -2.47. The molecule has 0 aliphatic carbocycles. The Morgan fingerprint density at radius 2 is 2.15 bits per heavy atom. The van der Waals surface area contributed by atoms with Gasteiger partial charge in [-0.05, 0) is 77.6 Å². The summed E-state index contributed by atoms with van der Waals surface area (Å²) in [5.74, 6) is -0.0255. The minimum atomic E-state index is -0.380. The minimum absolute atomic E-state index is 0.0255. The van der Waals surface area contributed by atoms with Crippen LogP contribution in [0.3, 0.4) is 0 Å². The van der Waals surface area contributed by atoms with Gasteiger partial charge in [0.15, 0.2) is 0 Å². The molecular weight excluding hydrogens is 328 g/mol. The van der Waals surface area contributed by atoms with Crippen LogP contribution in [0.5, 0.6) is 0 Å². The number of esters is 1. The number of carbonyl (C=O) groups is 1. The molecular formula is C21H32N2O3. The van der Waals surface area contributed by atoms with Gasteiger partial charge in [-0.3, -0.25) is 14.7 Å². The van der Waals surface area contributed by atoms with Crippen molar-refractivity contribution >= 4 is 5.97 Å². The number of piperidine rings is 1. The first kappa shape index (κ1) is 19.3. The summed E-state index contributed by atoms with van der Waals surface area (Å²) in [5.41, 5.74) is 1.77. The monoisotopic (exact) mass is 360 g/mol. The van der Waals surface area contributed by atoms with Crippen LogP contribution in [0.25, 0.3) is 0 Å². The van der Waals surface area contributed by atoms with Crippen molar-refractivity contribution < 1.29 is 14.3 Å². The summed E-state index contributed by atoms with van der Waals surface area (Å²) < 4.78 is 11.4. The van der Waals surface area contributed by atoms with Gasteiger partial charge in [-0.15, -0.1) is 0 Å². The van der Waals surface area contributed by atoms with E-state index in [4.69, 9.17) is 9.47 Å². The molecule has 0 bridgehead atoms. The Bertz CT molecular complexity index is 591. The average molecular weight is 360 g/mol. The molecule has 1 aromatic heterocycles. The van der Waals surface area contributed by atoms with E-state index < -0.39 is 0 Å². The number of aromatic nitrogens is 1. The van der Waals surface area contributed by atoms with Crippen LogP contribution in [0.1, 0.15) is 56.8 Å². The molecule has 0 radical (unpaired) electrons. The predicted molar refractivity (Wildman–Crippen MR) is 101 cm³/mol. The third-order valence-corrected chi connectivity index (χ3v) is 5.75. The van der Waals surface area contributed by atoms with Gasteiger partial charge in [0.05, 0.1) is 23.8 Å². The molecule has 2 aliphatic heterocycles. The summed E-state index contributed by atoms with van der Waals surface area (Å²) in [6, 6.07) is 6.16. The molecule has 3 rings (SSSR count). The van der Waals surface area contributed by atoms with Crippen LogP contribution in [0, 0.1) is 12.3 Å². The first-order valence-electron chi connectivity index (χ1n) is 10.0. The summed E-state index contributed by atoms with van der Waals surface area (Å²) >= 11 is 0. The fourth-order valence-corrected chi connectivity index (χ4v) is 4.24. The molecule has 3 heterocycles. The van der Waals surface area contributed by atoms with Gasteiger partial charge in [-0.1, -0.05) is 6.07 Å². The number of ether oxygens (including phenoxy) is 2. The maximum absolute atomic E-state index is 12.8. The second-order valence-corrected chi connectivity index (χ2v) is 7.74. The van der Waals surface area contributed by atoms with E-state index in [-0.39, 0.29) is 17.5 Å². The Balaban J connectivity index is 1.62. The number of hydrogen-bond acceptors (Lipinski definition) is 5. The molecule has 0 N–H and O–H groups in total. The number of pyridine rings is 1. The molecule has 0 saturated carbocycles. The van der Waals surface area contributed by atoms with Crippen LogP contribution in [-0.2, 0) is 20.8 Å². The Hall–Kier alpha value is -1.46. The summed E-state index contributed by atoms with van der Waals surface area (Å²) in [5, 5.41) is 0. The number of likely N-dealkylation sites (tertiary alicyclic amines) is 1. The molecule has 144 valence electrons. The molecule has 2 saturated heterocycles. The van der Waals surface area contributed by atoms with Gasteiger partial charge in [0.2, 0.25) is 0 Å². The van der Waals surface area contributed by atoms with E-state index in [2.05, 4.69) is 22.0 Å². The molecule has 5 heteroatoms. The van der Waals surface area contributed by atoms with E-state index in [0.717, 1.165) is 69.7 Å². The number of hydrogen-bond donors (Lipinski definition) is 0. The van der Waals surface area contributed by atoms with Crippen molar-refractivity contribution in [1.29, 1.82) is 0 Å². The maximum atomic E-state index is 12.8. The Labute approximate surface area is 157 Å². The van der Waals surface area contributed by atoms with Crippen molar-refractivity contribution in [3.8, 4) is 0 Å². The van der Waals surface area contributed by atoms with Crippen molar-refractivity contribution in [3.05, 3.63) is 29.6 Å². The fraction of sp³-hybridized carbons (Fsp3) is 0.714. The molecule has 2 fully saturated rings. The van der Waals surface area contributed by atoms with Crippen LogP contribution in [0.2, 0.25) is 0 Å². The minimum Gasteiger partial charge on any atom is -0.466 e. The normalized spacial score (nSPS) is 23.5. The molecule has 0 spiro atoms. The zero-order chi connectivity index (χ0) is 18.4. The molecule has 1 atom stereocenters. The van der Waals surface area contributed by atoms with Gasteiger partial charge < -0.3 is 9.47 Å². The van der Waals surface area contributed by atoms with Crippen LogP contribution >= 0.6 is 0 Å². The standard InChI is InChI=1S/C21H32N2O3/c1-3-25-20(24)21(15-19-9-4-5-14-26-19)10-12-23(13-11-21)16-18-8-6-7-17(2)22-18/h6-8,19H,3-5,9-16H2,1-2H3/t19-/m1/s1. The molecule has 26 heavy (non-hydrogen) atoms. The summed E-state index contributed by atoms with van der Waals surface area (Å²) in [6.45, 7) is 7.84. The van der Waals surface area contributed by atoms with E-state index >= 15 is 0 Å². The predicted octanol–water partition coefficient (Wildman–Crippen LogP) is 3.49. The van der Waals surface area contributed by atoms with Crippen LogP contribution in [-0.4, -0.2) is 48.3 Å². The highest BCUT2D eigenvalue weighted by Gasteiger charge is 2.44. The topological polar surface area (TPSA) is 51.7 Å². The van der Waals surface area contributed by atoms with Gasteiger partial charge in [0.1, 0.15) is 0 Å².